The Morgan fingerprint density at radius 3 is 1.73 bits per heavy atom. The van der Waals surface area contributed by atoms with Crippen molar-refractivity contribution < 1.29 is 0 Å². The summed E-state index contributed by atoms with van der Waals surface area (Å²) in [5.41, 5.74) is 3.61. The fourth-order valence-electron chi connectivity index (χ4n) is 3.98. The predicted molar refractivity (Wildman–Crippen MR) is 134 cm³/mol. The quantitative estimate of drug-likeness (QED) is 0.317. The van der Waals surface area contributed by atoms with E-state index >= 15 is 0 Å². The largest absolute Gasteiger partial charge is 0.0616 e. The zero-order valence-corrected chi connectivity index (χ0v) is 19.5. The first-order valence-corrected chi connectivity index (χ1v) is 11.1. The van der Waals surface area contributed by atoms with Crippen LogP contribution < -0.4 is 0 Å². The first-order valence-electron chi connectivity index (χ1n) is 11.1. The van der Waals surface area contributed by atoms with Crippen LogP contribution in [-0.4, -0.2) is 0 Å². The summed E-state index contributed by atoms with van der Waals surface area (Å²) in [6, 6.07) is 30.5. The molecule has 4 aromatic rings. The van der Waals surface area contributed by atoms with Crippen molar-refractivity contribution in [2.24, 2.45) is 10.8 Å². The van der Waals surface area contributed by atoms with Gasteiger partial charge in [0, 0.05) is 0 Å². The summed E-state index contributed by atoms with van der Waals surface area (Å²) in [7, 11) is 0. The molecule has 0 saturated carbocycles. The molecular weight excluding hydrogens is 360 g/mol. The van der Waals surface area contributed by atoms with Crippen molar-refractivity contribution in [2.75, 3.05) is 0 Å². The summed E-state index contributed by atoms with van der Waals surface area (Å²) in [5.74, 6) is 0. The lowest BCUT2D eigenvalue weighted by atomic mass is 9.86. The molecule has 0 spiro atoms. The Bertz CT molecular complexity index is 1090. The molecule has 0 heterocycles. The third-order valence-electron chi connectivity index (χ3n) is 5.15. The molecule has 4 rings (SSSR count). The normalized spacial score (nSPS) is 11.9. The van der Waals surface area contributed by atoms with Gasteiger partial charge < -0.3 is 0 Å². The van der Waals surface area contributed by atoms with E-state index in [1.807, 2.05) is 0 Å². The molecule has 156 valence electrons. The first kappa shape index (κ1) is 22.1. The molecule has 0 fully saturated rings. The van der Waals surface area contributed by atoms with Crippen LogP contribution in [0.5, 0.6) is 0 Å². The molecule has 0 nitrogen and oxygen atoms in total. The molecule has 0 bridgehead atoms. The molecule has 0 amide bonds. The molecule has 0 aromatic heterocycles. The lowest BCUT2D eigenvalue weighted by molar-refractivity contribution is 0.411. The summed E-state index contributed by atoms with van der Waals surface area (Å²) in [5, 5.41) is 5.42. The van der Waals surface area contributed by atoms with E-state index in [0.29, 0.717) is 10.8 Å². The smallest absolute Gasteiger partial charge is 0.0152 e. The third-order valence-corrected chi connectivity index (χ3v) is 5.15. The van der Waals surface area contributed by atoms with Gasteiger partial charge in [0.05, 0.1) is 0 Å². The predicted octanol–water partition coefficient (Wildman–Crippen LogP) is 8.86. The van der Waals surface area contributed by atoms with Crippen molar-refractivity contribution in [1.29, 1.82) is 0 Å². The highest BCUT2D eigenvalue weighted by Crippen LogP contribution is 2.26. The molecule has 30 heavy (non-hydrogen) atoms. The molecular formula is C30H36. The highest BCUT2D eigenvalue weighted by molar-refractivity contribution is 5.85. The van der Waals surface area contributed by atoms with E-state index in [9.17, 15) is 0 Å². The van der Waals surface area contributed by atoms with Gasteiger partial charge in [0.1, 0.15) is 0 Å². The molecule has 0 saturated heterocycles. The van der Waals surface area contributed by atoms with E-state index < -0.39 is 0 Å². The summed E-state index contributed by atoms with van der Waals surface area (Å²) in [6.07, 6.45) is 2.27. The second kappa shape index (κ2) is 9.04. The second-order valence-corrected chi connectivity index (χ2v) is 10.8. The lowest BCUT2D eigenvalue weighted by Gasteiger charge is -2.19. The van der Waals surface area contributed by atoms with Crippen LogP contribution in [0.2, 0.25) is 0 Å². The highest BCUT2D eigenvalue weighted by atomic mass is 14.2. The fourth-order valence-corrected chi connectivity index (χ4v) is 3.98. The van der Waals surface area contributed by atoms with Gasteiger partial charge in [0.25, 0.3) is 0 Å². The Morgan fingerprint density at radius 2 is 1.07 bits per heavy atom. The van der Waals surface area contributed by atoms with Crippen LogP contribution in [0.15, 0.2) is 84.9 Å². The maximum absolute atomic E-state index is 2.31. The summed E-state index contributed by atoms with van der Waals surface area (Å²) in [6.45, 7) is 13.7. The van der Waals surface area contributed by atoms with Gasteiger partial charge in [-0.05, 0) is 56.3 Å². The average Bonchev–Trinajstić information content (AvgIpc) is 2.66. The Kier molecular flexibility index (Phi) is 6.66. The average molecular weight is 397 g/mol. The molecule has 0 aliphatic carbocycles. The van der Waals surface area contributed by atoms with Crippen LogP contribution >= 0.6 is 0 Å². The zero-order valence-electron chi connectivity index (χ0n) is 19.5. The SMILES string of the molecule is CC(C)(C)Cc1ccc2ccccc2c1.CC(C)(C)Cc1cccc2ccccc12. The molecule has 0 heteroatoms. The molecule has 0 N–H and O–H groups in total. The molecule has 0 radical (unpaired) electrons. The number of hydrogen-bond donors (Lipinski definition) is 0. The molecule has 0 atom stereocenters. The van der Waals surface area contributed by atoms with Crippen molar-refractivity contribution >= 4 is 21.5 Å². The number of rotatable bonds is 2. The van der Waals surface area contributed by atoms with E-state index in [4.69, 9.17) is 0 Å². The van der Waals surface area contributed by atoms with E-state index in [0.717, 1.165) is 12.8 Å². The lowest BCUT2D eigenvalue weighted by Crippen LogP contribution is -2.09. The summed E-state index contributed by atoms with van der Waals surface area (Å²) in [4.78, 5) is 0. The van der Waals surface area contributed by atoms with Crippen molar-refractivity contribution in [3.8, 4) is 0 Å². The first-order chi connectivity index (χ1) is 14.1. The van der Waals surface area contributed by atoms with Crippen LogP contribution in [-0.2, 0) is 12.8 Å². The molecule has 0 aliphatic heterocycles. The van der Waals surface area contributed by atoms with Crippen LogP contribution in [0.1, 0.15) is 52.7 Å². The highest BCUT2D eigenvalue weighted by Gasteiger charge is 2.13. The molecule has 4 aromatic carbocycles. The van der Waals surface area contributed by atoms with Gasteiger partial charge in [-0.25, -0.2) is 0 Å². The van der Waals surface area contributed by atoms with E-state index in [-0.39, 0.29) is 0 Å². The standard InChI is InChI=1S/2C15H18/c1-15(2,3)11-13-9-6-8-12-7-4-5-10-14(12)13;1-15(2,3)11-12-8-9-13-6-4-5-7-14(13)10-12/h2*4-10H,11H2,1-3H3. The maximum atomic E-state index is 2.31. The van der Waals surface area contributed by atoms with Gasteiger partial charge >= 0.3 is 0 Å². The maximum Gasteiger partial charge on any atom is -0.0152 e. The van der Waals surface area contributed by atoms with Crippen molar-refractivity contribution in [1.82, 2.24) is 0 Å². The van der Waals surface area contributed by atoms with Crippen molar-refractivity contribution in [3.63, 3.8) is 0 Å². The van der Waals surface area contributed by atoms with Gasteiger partial charge in [-0.2, -0.15) is 0 Å². The number of hydrogen-bond acceptors (Lipinski definition) is 0. The van der Waals surface area contributed by atoms with Crippen LogP contribution in [0.4, 0.5) is 0 Å². The Balaban J connectivity index is 0.000000171. The van der Waals surface area contributed by atoms with Crippen molar-refractivity contribution in [2.45, 2.75) is 54.4 Å². The van der Waals surface area contributed by atoms with Gasteiger partial charge in [0.2, 0.25) is 0 Å². The van der Waals surface area contributed by atoms with E-state index in [1.54, 1.807) is 0 Å². The summed E-state index contributed by atoms with van der Waals surface area (Å²) < 4.78 is 0. The minimum atomic E-state index is 0.351. The summed E-state index contributed by atoms with van der Waals surface area (Å²) >= 11 is 0. The van der Waals surface area contributed by atoms with Gasteiger partial charge in [-0.1, -0.05) is 126 Å². The molecule has 0 aliphatic rings. The second-order valence-electron chi connectivity index (χ2n) is 10.8. The van der Waals surface area contributed by atoms with Gasteiger partial charge in [-0.15, -0.1) is 0 Å². The molecule has 0 unspecified atom stereocenters. The Morgan fingerprint density at radius 1 is 0.500 bits per heavy atom. The Hall–Kier alpha value is -2.60. The minimum absolute atomic E-state index is 0.351. The van der Waals surface area contributed by atoms with Crippen LogP contribution in [0.25, 0.3) is 21.5 Å². The van der Waals surface area contributed by atoms with Crippen LogP contribution in [0.3, 0.4) is 0 Å². The van der Waals surface area contributed by atoms with E-state index in [2.05, 4.69) is 126 Å². The van der Waals surface area contributed by atoms with Gasteiger partial charge in [-0.3, -0.25) is 0 Å². The topological polar surface area (TPSA) is 0 Å². The Labute approximate surface area is 183 Å². The minimum Gasteiger partial charge on any atom is -0.0616 e. The van der Waals surface area contributed by atoms with Crippen LogP contribution in [0, 0.1) is 10.8 Å². The number of benzene rings is 4. The van der Waals surface area contributed by atoms with Crippen molar-refractivity contribution in [3.05, 3.63) is 96.1 Å². The monoisotopic (exact) mass is 396 g/mol. The van der Waals surface area contributed by atoms with E-state index in [1.165, 1.54) is 32.7 Å². The van der Waals surface area contributed by atoms with Gasteiger partial charge in [0.15, 0.2) is 0 Å². The fraction of sp³-hybridized carbons (Fsp3) is 0.333. The zero-order chi connectivity index (χ0) is 21.8. The number of fused-ring (bicyclic) bond motifs is 2. The third kappa shape index (κ3) is 6.46.